The molecule has 0 saturated heterocycles. The van der Waals surface area contributed by atoms with Crippen molar-refractivity contribution >= 4 is 11.0 Å². The summed E-state index contributed by atoms with van der Waals surface area (Å²) in [4.78, 5) is 17.7. The molecule has 0 spiro atoms. The molecule has 26 heavy (non-hydrogen) atoms. The third-order valence-corrected chi connectivity index (χ3v) is 4.89. The number of nitrogens with zero attached hydrogens (tertiary/aromatic N) is 2. The molecule has 0 amide bonds. The molecule has 4 rings (SSSR count). The van der Waals surface area contributed by atoms with E-state index in [1.807, 2.05) is 33.2 Å². The minimum absolute atomic E-state index is 0.204. The Morgan fingerprint density at radius 1 is 1.38 bits per heavy atom. The lowest BCUT2D eigenvalue weighted by atomic mass is 9.95. The SMILES string of the molecule is Cc1noc(C)c1-c1cc(CC(=CN(C)N)C2CC2)c2[nH]c(=O)[nH]c2c1. The maximum absolute atomic E-state index is 11.9. The van der Waals surface area contributed by atoms with Crippen LogP contribution in [0.5, 0.6) is 0 Å². The van der Waals surface area contributed by atoms with Gasteiger partial charge in [-0.1, -0.05) is 5.16 Å². The summed E-state index contributed by atoms with van der Waals surface area (Å²) in [7, 11) is 1.83. The van der Waals surface area contributed by atoms with Crippen molar-refractivity contribution in [2.75, 3.05) is 7.05 Å². The van der Waals surface area contributed by atoms with E-state index in [2.05, 4.69) is 21.2 Å². The monoisotopic (exact) mass is 353 g/mol. The van der Waals surface area contributed by atoms with Crippen LogP contribution in [0.4, 0.5) is 0 Å². The molecule has 1 aliphatic carbocycles. The Balaban J connectivity index is 1.86. The van der Waals surface area contributed by atoms with Crippen LogP contribution in [0.3, 0.4) is 0 Å². The van der Waals surface area contributed by atoms with Crippen LogP contribution in [0, 0.1) is 19.8 Å². The van der Waals surface area contributed by atoms with Crippen LogP contribution in [0.2, 0.25) is 0 Å². The number of aryl methyl sites for hydroxylation is 2. The van der Waals surface area contributed by atoms with Gasteiger partial charge in [0.05, 0.1) is 16.7 Å². The minimum Gasteiger partial charge on any atom is -0.361 e. The number of allylic oxidation sites excluding steroid dienone is 1. The van der Waals surface area contributed by atoms with Crippen LogP contribution >= 0.6 is 0 Å². The Morgan fingerprint density at radius 3 is 2.77 bits per heavy atom. The second-order valence-electron chi connectivity index (χ2n) is 7.16. The van der Waals surface area contributed by atoms with Gasteiger partial charge in [0.25, 0.3) is 0 Å². The maximum Gasteiger partial charge on any atom is 0.323 e. The van der Waals surface area contributed by atoms with E-state index in [1.54, 1.807) is 5.01 Å². The number of aromatic nitrogens is 3. The third-order valence-electron chi connectivity index (χ3n) is 4.89. The highest BCUT2D eigenvalue weighted by Crippen LogP contribution is 2.39. The molecule has 2 aromatic heterocycles. The van der Waals surface area contributed by atoms with Crippen molar-refractivity contribution in [1.29, 1.82) is 0 Å². The number of H-pyrrole nitrogens is 2. The van der Waals surface area contributed by atoms with Crippen LogP contribution in [0.1, 0.15) is 29.9 Å². The molecule has 0 atom stereocenters. The number of fused-ring (bicyclic) bond motifs is 1. The summed E-state index contributed by atoms with van der Waals surface area (Å²) in [6, 6.07) is 4.09. The van der Waals surface area contributed by atoms with Crippen LogP contribution in [-0.4, -0.2) is 27.2 Å². The average molecular weight is 353 g/mol. The Labute approximate surface area is 150 Å². The largest absolute Gasteiger partial charge is 0.361 e. The van der Waals surface area contributed by atoms with Gasteiger partial charge >= 0.3 is 5.69 Å². The molecule has 7 nitrogen and oxygen atoms in total. The quantitative estimate of drug-likeness (QED) is 0.483. The summed E-state index contributed by atoms with van der Waals surface area (Å²) in [5, 5.41) is 5.66. The number of hydrazine groups is 1. The molecule has 0 unspecified atom stereocenters. The Kier molecular flexibility index (Phi) is 3.96. The zero-order valence-electron chi connectivity index (χ0n) is 15.2. The Bertz CT molecular complexity index is 1030. The molecular weight excluding hydrogens is 330 g/mol. The van der Waals surface area contributed by atoms with E-state index in [-0.39, 0.29) is 5.69 Å². The molecular formula is C19H23N5O2. The zero-order chi connectivity index (χ0) is 18.4. The molecule has 136 valence electrons. The fraction of sp³-hybridized carbons (Fsp3) is 0.368. The first kappa shape index (κ1) is 16.7. The van der Waals surface area contributed by atoms with E-state index in [0.29, 0.717) is 5.92 Å². The van der Waals surface area contributed by atoms with Gasteiger partial charge in [-0.2, -0.15) is 0 Å². The molecule has 1 fully saturated rings. The van der Waals surface area contributed by atoms with Gasteiger partial charge in [-0.15, -0.1) is 0 Å². The Morgan fingerprint density at radius 2 is 2.15 bits per heavy atom. The second kappa shape index (κ2) is 6.17. The van der Waals surface area contributed by atoms with E-state index >= 15 is 0 Å². The molecule has 1 aliphatic rings. The molecule has 0 radical (unpaired) electrons. The summed E-state index contributed by atoms with van der Waals surface area (Å²) in [5.74, 6) is 7.19. The van der Waals surface area contributed by atoms with Gasteiger partial charge in [0.1, 0.15) is 5.76 Å². The zero-order valence-corrected chi connectivity index (χ0v) is 15.2. The van der Waals surface area contributed by atoms with Crippen molar-refractivity contribution in [2.24, 2.45) is 11.8 Å². The first-order chi connectivity index (χ1) is 12.4. The van der Waals surface area contributed by atoms with Gasteiger partial charge in [0.15, 0.2) is 0 Å². The highest BCUT2D eigenvalue weighted by Gasteiger charge is 2.27. The van der Waals surface area contributed by atoms with Gasteiger partial charge in [0.2, 0.25) is 0 Å². The molecule has 2 heterocycles. The lowest BCUT2D eigenvalue weighted by molar-refractivity contribution is 0.393. The number of nitrogens with one attached hydrogen (secondary N) is 2. The first-order valence-electron chi connectivity index (χ1n) is 8.78. The molecule has 7 heteroatoms. The predicted octanol–water partition coefficient (Wildman–Crippen LogP) is 2.77. The summed E-state index contributed by atoms with van der Waals surface area (Å²) in [6.07, 6.45) is 5.12. The molecule has 0 bridgehead atoms. The average Bonchev–Trinajstić information content (AvgIpc) is 3.26. The number of rotatable bonds is 5. The molecule has 3 aromatic rings. The van der Waals surface area contributed by atoms with Crippen molar-refractivity contribution in [3.05, 3.63) is 51.4 Å². The number of benzene rings is 1. The summed E-state index contributed by atoms with van der Waals surface area (Å²) in [5.41, 5.74) is 6.59. The molecule has 1 aromatic carbocycles. The molecule has 4 N–H and O–H groups in total. The first-order valence-corrected chi connectivity index (χ1v) is 8.78. The summed E-state index contributed by atoms with van der Waals surface area (Å²) in [6.45, 7) is 3.83. The predicted molar refractivity (Wildman–Crippen MR) is 100 cm³/mol. The van der Waals surface area contributed by atoms with E-state index < -0.39 is 0 Å². The van der Waals surface area contributed by atoms with Gasteiger partial charge in [-0.05, 0) is 67.9 Å². The van der Waals surface area contributed by atoms with E-state index in [0.717, 1.165) is 45.6 Å². The van der Waals surface area contributed by atoms with Crippen molar-refractivity contribution in [3.8, 4) is 11.1 Å². The second-order valence-corrected chi connectivity index (χ2v) is 7.16. The highest BCUT2D eigenvalue weighted by molar-refractivity contribution is 5.86. The number of aromatic amines is 2. The maximum atomic E-state index is 11.9. The lowest BCUT2D eigenvalue weighted by Crippen LogP contribution is -2.20. The summed E-state index contributed by atoms with van der Waals surface area (Å²) >= 11 is 0. The fourth-order valence-electron chi connectivity index (χ4n) is 3.63. The van der Waals surface area contributed by atoms with Crippen molar-refractivity contribution in [2.45, 2.75) is 33.1 Å². The van der Waals surface area contributed by atoms with Gasteiger partial charge in [0, 0.05) is 18.8 Å². The lowest BCUT2D eigenvalue weighted by Gasteiger charge is -2.13. The standard InChI is InChI=1S/C19H23N5O2/c1-10-17(11(2)26-23-10)13-6-14(18-16(8-13)21-19(25)22-18)7-15(9-24(3)20)12-4-5-12/h6,8-9,12H,4-5,7,20H2,1-3H3,(H2,21,22,25). The van der Waals surface area contributed by atoms with Gasteiger partial charge in [-0.3, -0.25) is 0 Å². The van der Waals surface area contributed by atoms with Crippen LogP contribution in [0.15, 0.2) is 33.2 Å². The van der Waals surface area contributed by atoms with E-state index in [9.17, 15) is 4.79 Å². The van der Waals surface area contributed by atoms with E-state index in [1.165, 1.54) is 18.4 Å². The van der Waals surface area contributed by atoms with Crippen LogP contribution in [-0.2, 0) is 6.42 Å². The van der Waals surface area contributed by atoms with Crippen molar-refractivity contribution in [3.63, 3.8) is 0 Å². The van der Waals surface area contributed by atoms with E-state index in [4.69, 9.17) is 10.4 Å². The van der Waals surface area contributed by atoms with Gasteiger partial charge < -0.3 is 19.5 Å². The van der Waals surface area contributed by atoms with Crippen molar-refractivity contribution in [1.82, 2.24) is 20.1 Å². The van der Waals surface area contributed by atoms with Crippen LogP contribution in [0.25, 0.3) is 22.2 Å². The Hall–Kier alpha value is -2.80. The minimum atomic E-state index is -0.204. The normalized spacial score (nSPS) is 15.0. The topological polar surface area (TPSA) is 104 Å². The molecule has 0 aliphatic heterocycles. The number of nitrogens with two attached hydrogens (primary N) is 1. The van der Waals surface area contributed by atoms with Gasteiger partial charge in [-0.25, -0.2) is 10.6 Å². The van der Waals surface area contributed by atoms with Crippen molar-refractivity contribution < 1.29 is 4.52 Å². The van der Waals surface area contributed by atoms with Crippen LogP contribution < -0.4 is 11.5 Å². The fourth-order valence-corrected chi connectivity index (χ4v) is 3.63. The smallest absolute Gasteiger partial charge is 0.323 e. The number of hydrogen-bond donors (Lipinski definition) is 3. The summed E-state index contributed by atoms with van der Waals surface area (Å²) < 4.78 is 5.32. The third kappa shape index (κ3) is 3.06. The number of hydrogen-bond acceptors (Lipinski definition) is 5. The molecule has 1 saturated carbocycles. The highest BCUT2D eigenvalue weighted by atomic mass is 16.5. The number of imidazole rings is 1.